The Balaban J connectivity index is 1.88. The van der Waals surface area contributed by atoms with Crippen molar-refractivity contribution in [1.29, 1.82) is 0 Å². The average Bonchev–Trinajstić information content (AvgIpc) is 3.28. The maximum atomic E-state index is 6.23. The molecule has 3 aromatic heterocycles. The molecule has 0 atom stereocenters. The smallest absolute Gasteiger partial charge is 0.295 e. The fourth-order valence-corrected chi connectivity index (χ4v) is 5.19. The second-order valence-electron chi connectivity index (χ2n) is 8.17. The predicted octanol–water partition coefficient (Wildman–Crippen LogP) is 6.43. The highest BCUT2D eigenvalue weighted by atomic mass is 16.3. The van der Waals surface area contributed by atoms with Gasteiger partial charge in [-0.1, -0.05) is 48.5 Å². The third-order valence-electron chi connectivity index (χ3n) is 6.54. The average molecular weight is 387 g/mol. The van der Waals surface area contributed by atoms with Crippen LogP contribution in [0.25, 0.3) is 60.3 Å². The highest BCUT2D eigenvalue weighted by Gasteiger charge is 2.24. The molecule has 7 aromatic rings. The van der Waals surface area contributed by atoms with Crippen molar-refractivity contribution in [1.82, 2.24) is 4.40 Å². The van der Waals surface area contributed by atoms with Crippen LogP contribution >= 0.6 is 0 Å². The fraction of sp³-hybridized carbons (Fsp3) is 0.0741. The van der Waals surface area contributed by atoms with Crippen molar-refractivity contribution in [2.75, 3.05) is 0 Å². The number of rotatable bonds is 0. The molecule has 142 valence electrons. The molecule has 0 radical (unpaired) electrons. The number of furan rings is 1. The van der Waals surface area contributed by atoms with Gasteiger partial charge in [0.1, 0.15) is 16.7 Å². The summed E-state index contributed by atoms with van der Waals surface area (Å²) in [7, 11) is 2.17. The summed E-state index contributed by atoms with van der Waals surface area (Å²) in [5, 5.41) is 6.09. The van der Waals surface area contributed by atoms with Gasteiger partial charge in [0.25, 0.3) is 5.65 Å². The number of hydrogen-bond acceptors (Lipinski definition) is 1. The molecule has 0 saturated heterocycles. The number of aryl methyl sites for hydroxylation is 2. The Kier molecular flexibility index (Phi) is 2.88. The zero-order valence-electron chi connectivity index (χ0n) is 16.8. The molecule has 0 fully saturated rings. The van der Waals surface area contributed by atoms with Crippen molar-refractivity contribution in [3.8, 4) is 0 Å². The maximum absolute atomic E-state index is 6.23. The van der Waals surface area contributed by atoms with E-state index in [1.807, 2.05) is 12.1 Å². The van der Waals surface area contributed by atoms with Gasteiger partial charge in [-0.3, -0.25) is 0 Å². The van der Waals surface area contributed by atoms with Gasteiger partial charge in [0.05, 0.1) is 12.4 Å². The lowest BCUT2D eigenvalue weighted by atomic mass is 10.0. The van der Waals surface area contributed by atoms with Crippen molar-refractivity contribution >= 4 is 60.3 Å². The first kappa shape index (κ1) is 16.0. The molecule has 0 aliphatic rings. The summed E-state index contributed by atoms with van der Waals surface area (Å²) in [5.41, 5.74) is 8.03. The molecule has 0 bridgehead atoms. The van der Waals surface area contributed by atoms with E-state index in [1.54, 1.807) is 0 Å². The molecule has 3 heteroatoms. The molecular formula is C27H19N2O+. The lowest BCUT2D eigenvalue weighted by Gasteiger charge is -2.07. The number of imidazole rings is 1. The van der Waals surface area contributed by atoms with Crippen LogP contribution in [0.2, 0.25) is 0 Å². The largest absolute Gasteiger partial charge is 0.456 e. The van der Waals surface area contributed by atoms with E-state index < -0.39 is 0 Å². The van der Waals surface area contributed by atoms with E-state index in [4.69, 9.17) is 4.42 Å². The quantitative estimate of drug-likeness (QED) is 0.217. The van der Waals surface area contributed by atoms with E-state index in [1.165, 1.54) is 43.9 Å². The SMILES string of the molecule is Cc1cccc2c3cc4oc5ccccc5c4cc3n3c4ccccc4[n+](C)c3c12. The van der Waals surface area contributed by atoms with Crippen LogP contribution < -0.4 is 4.57 Å². The number of nitrogens with zero attached hydrogens (tertiary/aromatic N) is 2. The Morgan fingerprint density at radius 1 is 0.700 bits per heavy atom. The zero-order chi connectivity index (χ0) is 20.0. The van der Waals surface area contributed by atoms with E-state index in [0.29, 0.717) is 0 Å². The van der Waals surface area contributed by atoms with Gasteiger partial charge in [-0.15, -0.1) is 0 Å². The Morgan fingerprint density at radius 3 is 2.43 bits per heavy atom. The first-order valence-electron chi connectivity index (χ1n) is 10.3. The van der Waals surface area contributed by atoms with Crippen molar-refractivity contribution in [2.24, 2.45) is 7.05 Å². The number of pyridine rings is 1. The minimum atomic E-state index is 0.933. The maximum Gasteiger partial charge on any atom is 0.295 e. The summed E-state index contributed by atoms with van der Waals surface area (Å²) in [6, 6.07) is 28.0. The van der Waals surface area contributed by atoms with E-state index in [2.05, 4.69) is 89.7 Å². The normalized spacial score (nSPS) is 12.3. The summed E-state index contributed by atoms with van der Waals surface area (Å²) in [6.45, 7) is 2.20. The molecule has 0 unspecified atom stereocenters. The van der Waals surface area contributed by atoms with E-state index in [-0.39, 0.29) is 0 Å². The van der Waals surface area contributed by atoms with Gasteiger partial charge >= 0.3 is 0 Å². The lowest BCUT2D eigenvalue weighted by Crippen LogP contribution is -2.27. The Labute approximate surface area is 172 Å². The van der Waals surface area contributed by atoms with Gasteiger partial charge in [-0.2, -0.15) is 4.40 Å². The van der Waals surface area contributed by atoms with Crippen LogP contribution in [-0.4, -0.2) is 4.40 Å². The summed E-state index contributed by atoms with van der Waals surface area (Å²) < 4.78 is 11.0. The molecule has 0 spiro atoms. The number of para-hydroxylation sites is 3. The monoisotopic (exact) mass is 387 g/mol. The third-order valence-corrected chi connectivity index (χ3v) is 6.54. The van der Waals surface area contributed by atoms with Crippen molar-refractivity contribution in [2.45, 2.75) is 6.92 Å². The van der Waals surface area contributed by atoms with Gasteiger partial charge in [0.15, 0.2) is 11.0 Å². The number of fused-ring (bicyclic) bond motifs is 11. The van der Waals surface area contributed by atoms with Gasteiger partial charge in [-0.25, -0.2) is 4.57 Å². The predicted molar refractivity (Wildman–Crippen MR) is 123 cm³/mol. The molecule has 0 amide bonds. The molecule has 30 heavy (non-hydrogen) atoms. The Hall–Kier alpha value is -3.85. The molecule has 7 rings (SSSR count). The summed E-state index contributed by atoms with van der Waals surface area (Å²) in [4.78, 5) is 0. The van der Waals surface area contributed by atoms with Crippen LogP contribution in [0, 0.1) is 6.92 Å². The van der Waals surface area contributed by atoms with Crippen molar-refractivity contribution in [3.05, 3.63) is 84.4 Å². The summed E-state index contributed by atoms with van der Waals surface area (Å²) in [6.07, 6.45) is 0. The van der Waals surface area contributed by atoms with Crippen LogP contribution in [0.1, 0.15) is 5.56 Å². The number of benzene rings is 4. The third kappa shape index (κ3) is 1.83. The first-order chi connectivity index (χ1) is 14.7. The minimum absolute atomic E-state index is 0.933. The minimum Gasteiger partial charge on any atom is -0.456 e. The van der Waals surface area contributed by atoms with Gasteiger partial charge in [0.2, 0.25) is 0 Å². The topological polar surface area (TPSA) is 21.4 Å². The second-order valence-corrected chi connectivity index (χ2v) is 8.17. The molecule has 0 saturated carbocycles. The van der Waals surface area contributed by atoms with Crippen LogP contribution in [0.3, 0.4) is 0 Å². The molecule has 3 heterocycles. The number of aromatic nitrogens is 2. The zero-order valence-corrected chi connectivity index (χ0v) is 16.8. The van der Waals surface area contributed by atoms with Crippen LogP contribution in [0.4, 0.5) is 0 Å². The first-order valence-corrected chi connectivity index (χ1v) is 10.3. The summed E-state index contributed by atoms with van der Waals surface area (Å²) >= 11 is 0. The highest BCUT2D eigenvalue weighted by molar-refractivity contribution is 6.18. The lowest BCUT2D eigenvalue weighted by molar-refractivity contribution is -0.617. The molecule has 0 aliphatic carbocycles. The van der Waals surface area contributed by atoms with Gasteiger partial charge in [0, 0.05) is 21.5 Å². The fourth-order valence-electron chi connectivity index (χ4n) is 5.19. The molecular weight excluding hydrogens is 368 g/mol. The Bertz CT molecular complexity index is 1820. The standard InChI is InChI=1S/C27H19N2O/c1-16-8-7-10-18-19-15-25-20(17-9-3-6-13-24(17)30-25)14-23(19)29-22-12-5-4-11-21(22)28(2)27(29)26(16)18/h3-15H,1-2H3/q+1. The van der Waals surface area contributed by atoms with Crippen LogP contribution in [0.15, 0.2) is 83.3 Å². The molecule has 0 aliphatic heterocycles. The number of hydrogen-bond donors (Lipinski definition) is 0. The van der Waals surface area contributed by atoms with Crippen LogP contribution in [0.5, 0.6) is 0 Å². The van der Waals surface area contributed by atoms with Crippen molar-refractivity contribution < 1.29 is 8.98 Å². The van der Waals surface area contributed by atoms with E-state index in [0.717, 1.165) is 21.9 Å². The Morgan fingerprint density at radius 2 is 1.50 bits per heavy atom. The van der Waals surface area contributed by atoms with E-state index in [9.17, 15) is 0 Å². The van der Waals surface area contributed by atoms with Crippen LogP contribution in [-0.2, 0) is 7.05 Å². The molecule has 4 aromatic carbocycles. The highest BCUT2D eigenvalue weighted by Crippen LogP contribution is 2.38. The van der Waals surface area contributed by atoms with Gasteiger partial charge < -0.3 is 4.42 Å². The molecule has 0 N–H and O–H groups in total. The summed E-state index contributed by atoms with van der Waals surface area (Å²) in [5.74, 6) is 0. The second kappa shape index (κ2) is 5.39. The van der Waals surface area contributed by atoms with E-state index >= 15 is 0 Å². The molecule has 3 nitrogen and oxygen atoms in total. The van der Waals surface area contributed by atoms with Gasteiger partial charge in [-0.05, 0) is 42.8 Å². The van der Waals surface area contributed by atoms with Crippen molar-refractivity contribution in [3.63, 3.8) is 0 Å².